The van der Waals surface area contributed by atoms with Gasteiger partial charge in [-0.25, -0.2) is 4.98 Å². The first kappa shape index (κ1) is 13.8. The number of ether oxygens (including phenoxy) is 1. The van der Waals surface area contributed by atoms with Crippen molar-refractivity contribution in [2.45, 2.75) is 12.5 Å². The minimum absolute atomic E-state index is 0.453. The predicted octanol–water partition coefficient (Wildman–Crippen LogP) is 2.71. The van der Waals surface area contributed by atoms with Gasteiger partial charge in [-0.3, -0.25) is 0 Å². The van der Waals surface area contributed by atoms with E-state index in [9.17, 15) is 5.11 Å². The van der Waals surface area contributed by atoms with Gasteiger partial charge in [-0.05, 0) is 41.5 Å². The van der Waals surface area contributed by atoms with E-state index in [0.717, 1.165) is 15.6 Å². The fourth-order valence-electron chi connectivity index (χ4n) is 1.86. The number of nitrogens with two attached hydrogens (primary N) is 1. The van der Waals surface area contributed by atoms with E-state index in [1.165, 1.54) is 0 Å². The van der Waals surface area contributed by atoms with E-state index >= 15 is 0 Å². The van der Waals surface area contributed by atoms with Crippen LogP contribution < -0.4 is 10.5 Å². The van der Waals surface area contributed by atoms with Gasteiger partial charge < -0.3 is 15.6 Å². The molecule has 0 bridgehead atoms. The van der Waals surface area contributed by atoms with Crippen LogP contribution in [0.3, 0.4) is 0 Å². The Labute approximate surface area is 120 Å². The predicted molar refractivity (Wildman–Crippen MR) is 78.0 cm³/mol. The third kappa shape index (κ3) is 3.45. The Morgan fingerprint density at radius 3 is 2.84 bits per heavy atom. The zero-order valence-corrected chi connectivity index (χ0v) is 12.1. The standard InChI is InChI=1S/C14H15BrN2O2/c1-19-10-2-3-12(15)11(8-10)13(18)6-9-4-5-17-14(16)7-9/h2-5,7-8,13,18H,6H2,1H3,(H2,16,17). The first-order valence-electron chi connectivity index (χ1n) is 5.82. The molecule has 0 fully saturated rings. The number of aliphatic hydroxyl groups is 1. The molecule has 0 radical (unpaired) electrons. The lowest BCUT2D eigenvalue weighted by molar-refractivity contribution is 0.177. The second-order valence-electron chi connectivity index (χ2n) is 4.20. The van der Waals surface area contributed by atoms with Gasteiger partial charge in [-0.1, -0.05) is 15.9 Å². The van der Waals surface area contributed by atoms with Crippen molar-refractivity contribution >= 4 is 21.7 Å². The molecule has 19 heavy (non-hydrogen) atoms. The van der Waals surface area contributed by atoms with Gasteiger partial charge in [0, 0.05) is 17.1 Å². The number of nitrogen functional groups attached to an aromatic ring is 1. The van der Waals surface area contributed by atoms with Crippen LogP contribution in [0.15, 0.2) is 41.0 Å². The second kappa shape index (κ2) is 6.04. The van der Waals surface area contributed by atoms with E-state index in [2.05, 4.69) is 20.9 Å². The van der Waals surface area contributed by atoms with Gasteiger partial charge in [-0.15, -0.1) is 0 Å². The molecular formula is C14H15BrN2O2. The number of benzene rings is 1. The maximum atomic E-state index is 10.3. The SMILES string of the molecule is COc1ccc(Br)c(C(O)Cc2ccnc(N)c2)c1. The van der Waals surface area contributed by atoms with Crippen LogP contribution in [-0.2, 0) is 6.42 Å². The molecule has 1 aromatic carbocycles. The maximum absolute atomic E-state index is 10.3. The first-order chi connectivity index (χ1) is 9.10. The third-order valence-corrected chi connectivity index (χ3v) is 3.56. The number of hydrogen-bond acceptors (Lipinski definition) is 4. The highest BCUT2D eigenvalue weighted by molar-refractivity contribution is 9.10. The van der Waals surface area contributed by atoms with Gasteiger partial charge in [0.1, 0.15) is 11.6 Å². The number of aliphatic hydroxyl groups excluding tert-OH is 1. The van der Waals surface area contributed by atoms with Crippen LogP contribution in [0.5, 0.6) is 5.75 Å². The molecule has 3 N–H and O–H groups in total. The highest BCUT2D eigenvalue weighted by Gasteiger charge is 2.13. The van der Waals surface area contributed by atoms with Crippen LogP contribution >= 0.6 is 15.9 Å². The van der Waals surface area contributed by atoms with Crippen LogP contribution in [0.4, 0.5) is 5.82 Å². The summed E-state index contributed by atoms with van der Waals surface area (Å²) in [4.78, 5) is 3.93. The number of methoxy groups -OCH3 is 1. The smallest absolute Gasteiger partial charge is 0.123 e. The molecule has 1 heterocycles. The van der Waals surface area contributed by atoms with Crippen molar-refractivity contribution in [3.8, 4) is 5.75 Å². The van der Waals surface area contributed by atoms with Crippen molar-refractivity contribution in [2.24, 2.45) is 0 Å². The van der Waals surface area contributed by atoms with Gasteiger partial charge in [0.15, 0.2) is 0 Å². The van der Waals surface area contributed by atoms with E-state index in [1.54, 1.807) is 19.4 Å². The van der Waals surface area contributed by atoms with E-state index in [0.29, 0.717) is 18.0 Å². The van der Waals surface area contributed by atoms with E-state index in [4.69, 9.17) is 10.5 Å². The highest BCUT2D eigenvalue weighted by atomic mass is 79.9. The zero-order valence-electron chi connectivity index (χ0n) is 10.5. The summed E-state index contributed by atoms with van der Waals surface area (Å²) < 4.78 is 6.02. The molecule has 2 aromatic rings. The summed E-state index contributed by atoms with van der Waals surface area (Å²) >= 11 is 3.44. The normalized spacial score (nSPS) is 12.2. The molecule has 5 heteroatoms. The topological polar surface area (TPSA) is 68.4 Å². The lowest BCUT2D eigenvalue weighted by atomic mass is 10.0. The molecule has 4 nitrogen and oxygen atoms in total. The molecule has 0 aliphatic heterocycles. The number of aromatic nitrogens is 1. The van der Waals surface area contributed by atoms with E-state index in [-0.39, 0.29) is 0 Å². The Bertz CT molecular complexity index is 575. The van der Waals surface area contributed by atoms with Crippen LogP contribution in [0.1, 0.15) is 17.2 Å². The number of halogens is 1. The van der Waals surface area contributed by atoms with Crippen molar-refractivity contribution in [1.29, 1.82) is 0 Å². The third-order valence-electron chi connectivity index (χ3n) is 2.84. The lowest BCUT2D eigenvalue weighted by Crippen LogP contribution is -2.04. The van der Waals surface area contributed by atoms with Gasteiger partial charge in [-0.2, -0.15) is 0 Å². The Kier molecular flexibility index (Phi) is 4.39. The number of nitrogens with zero attached hydrogens (tertiary/aromatic N) is 1. The number of anilines is 1. The van der Waals surface area contributed by atoms with Gasteiger partial charge in [0.05, 0.1) is 13.2 Å². The van der Waals surface area contributed by atoms with Crippen molar-refractivity contribution < 1.29 is 9.84 Å². The molecule has 0 amide bonds. The summed E-state index contributed by atoms with van der Waals surface area (Å²) in [5.41, 5.74) is 7.35. The summed E-state index contributed by atoms with van der Waals surface area (Å²) in [7, 11) is 1.60. The minimum atomic E-state index is -0.633. The molecule has 2 rings (SSSR count). The second-order valence-corrected chi connectivity index (χ2v) is 5.05. The Morgan fingerprint density at radius 1 is 1.37 bits per heavy atom. The average Bonchev–Trinajstić information content (AvgIpc) is 2.39. The monoisotopic (exact) mass is 322 g/mol. The van der Waals surface area contributed by atoms with Crippen LogP contribution in [0.2, 0.25) is 0 Å². The quantitative estimate of drug-likeness (QED) is 0.908. The maximum Gasteiger partial charge on any atom is 0.123 e. The van der Waals surface area contributed by atoms with E-state index < -0.39 is 6.10 Å². The van der Waals surface area contributed by atoms with E-state index in [1.807, 2.05) is 24.3 Å². The molecule has 1 aromatic heterocycles. The van der Waals surface area contributed by atoms with Gasteiger partial charge in [0.25, 0.3) is 0 Å². The zero-order chi connectivity index (χ0) is 13.8. The summed E-state index contributed by atoms with van der Waals surface area (Å²) in [5, 5.41) is 10.3. The Balaban J connectivity index is 2.22. The number of hydrogen-bond donors (Lipinski definition) is 2. The van der Waals surface area contributed by atoms with Crippen molar-refractivity contribution in [1.82, 2.24) is 4.98 Å². The number of pyridine rings is 1. The molecule has 0 saturated carbocycles. The Hall–Kier alpha value is -1.59. The summed E-state index contributed by atoms with van der Waals surface area (Å²) in [6.45, 7) is 0. The minimum Gasteiger partial charge on any atom is -0.497 e. The van der Waals surface area contributed by atoms with Crippen LogP contribution in [0, 0.1) is 0 Å². The van der Waals surface area contributed by atoms with Gasteiger partial charge in [0.2, 0.25) is 0 Å². The fraction of sp³-hybridized carbons (Fsp3) is 0.214. The first-order valence-corrected chi connectivity index (χ1v) is 6.61. The van der Waals surface area contributed by atoms with Crippen LogP contribution in [0.25, 0.3) is 0 Å². The molecular weight excluding hydrogens is 308 g/mol. The molecule has 1 atom stereocenters. The molecule has 0 aliphatic carbocycles. The van der Waals surface area contributed by atoms with Gasteiger partial charge >= 0.3 is 0 Å². The van der Waals surface area contributed by atoms with Crippen molar-refractivity contribution in [2.75, 3.05) is 12.8 Å². The molecule has 0 spiro atoms. The van der Waals surface area contributed by atoms with Crippen molar-refractivity contribution in [3.63, 3.8) is 0 Å². The lowest BCUT2D eigenvalue weighted by Gasteiger charge is -2.14. The average molecular weight is 323 g/mol. The Morgan fingerprint density at radius 2 is 2.16 bits per heavy atom. The molecule has 0 aliphatic rings. The van der Waals surface area contributed by atoms with Crippen LogP contribution in [-0.4, -0.2) is 17.2 Å². The highest BCUT2D eigenvalue weighted by Crippen LogP contribution is 2.29. The summed E-state index contributed by atoms with van der Waals surface area (Å²) in [6, 6.07) is 9.12. The number of rotatable bonds is 4. The summed E-state index contributed by atoms with van der Waals surface area (Å²) in [5.74, 6) is 1.17. The fourth-order valence-corrected chi connectivity index (χ4v) is 2.37. The summed E-state index contributed by atoms with van der Waals surface area (Å²) in [6.07, 6.45) is 1.47. The molecule has 100 valence electrons. The largest absolute Gasteiger partial charge is 0.497 e. The molecule has 0 saturated heterocycles. The molecule has 1 unspecified atom stereocenters. The van der Waals surface area contributed by atoms with Crippen molar-refractivity contribution in [3.05, 3.63) is 52.1 Å².